The van der Waals surface area contributed by atoms with Crippen LogP contribution in [0.5, 0.6) is 0 Å². The second kappa shape index (κ2) is 5.83. The van der Waals surface area contributed by atoms with Crippen LogP contribution in [0.25, 0.3) is 0 Å². The van der Waals surface area contributed by atoms with Gasteiger partial charge in [-0.15, -0.1) is 0 Å². The Morgan fingerprint density at radius 2 is 2.20 bits per heavy atom. The first kappa shape index (κ1) is 12.1. The molecule has 0 fully saturated rings. The van der Waals surface area contributed by atoms with Gasteiger partial charge in [-0.05, 0) is 31.0 Å². The molecule has 1 rings (SSSR count). The molecule has 3 heteroatoms. The fourth-order valence-electron chi connectivity index (χ4n) is 1.42. The van der Waals surface area contributed by atoms with Crippen LogP contribution in [0.3, 0.4) is 0 Å². The van der Waals surface area contributed by atoms with Gasteiger partial charge < -0.3 is 10.1 Å². The quantitative estimate of drug-likeness (QED) is 0.806. The monoisotopic (exact) mass is 211 g/mol. The Hall–Kier alpha value is -0.930. The Bertz CT molecular complexity index is 314. The van der Waals surface area contributed by atoms with Gasteiger partial charge in [-0.25, -0.2) is 4.39 Å². The second-order valence-electron chi connectivity index (χ2n) is 3.82. The molecular formula is C12H18FNO. The molecule has 84 valence electrons. The summed E-state index contributed by atoms with van der Waals surface area (Å²) in [5, 5.41) is 3.30. The van der Waals surface area contributed by atoms with Crippen molar-refractivity contribution in [3.8, 4) is 0 Å². The Balaban J connectivity index is 2.47. The number of ether oxygens (including phenoxy) is 1. The Labute approximate surface area is 90.4 Å². The van der Waals surface area contributed by atoms with Crippen LogP contribution in [-0.4, -0.2) is 19.8 Å². The van der Waals surface area contributed by atoms with E-state index >= 15 is 0 Å². The number of methoxy groups -OCH3 is 1. The minimum Gasteiger partial charge on any atom is -0.383 e. The highest BCUT2D eigenvalue weighted by Crippen LogP contribution is 2.09. The van der Waals surface area contributed by atoms with Crippen molar-refractivity contribution in [3.05, 3.63) is 35.1 Å². The molecule has 1 N–H and O–H groups in total. The molecule has 1 aromatic rings. The lowest BCUT2D eigenvalue weighted by Crippen LogP contribution is -2.29. The highest BCUT2D eigenvalue weighted by Gasteiger charge is 2.02. The van der Waals surface area contributed by atoms with Gasteiger partial charge in [0.2, 0.25) is 0 Å². The third kappa shape index (κ3) is 3.98. The maximum atomic E-state index is 13.0. The fourth-order valence-corrected chi connectivity index (χ4v) is 1.42. The molecule has 0 radical (unpaired) electrons. The first-order valence-electron chi connectivity index (χ1n) is 5.11. The maximum Gasteiger partial charge on any atom is 0.126 e. The molecular weight excluding hydrogens is 193 g/mol. The predicted molar refractivity (Wildman–Crippen MR) is 59.3 cm³/mol. The molecule has 0 aliphatic carbocycles. The molecule has 0 bridgehead atoms. The number of nitrogens with one attached hydrogen (secondary N) is 1. The lowest BCUT2D eigenvalue weighted by Gasteiger charge is -2.12. The molecule has 0 spiro atoms. The first-order valence-corrected chi connectivity index (χ1v) is 5.11. The summed E-state index contributed by atoms with van der Waals surface area (Å²) >= 11 is 0. The van der Waals surface area contributed by atoms with Crippen LogP contribution in [0.4, 0.5) is 4.39 Å². The van der Waals surface area contributed by atoms with Gasteiger partial charge in [-0.2, -0.15) is 0 Å². The van der Waals surface area contributed by atoms with Crippen molar-refractivity contribution < 1.29 is 9.13 Å². The molecule has 0 saturated carbocycles. The molecule has 2 nitrogen and oxygen atoms in total. The summed E-state index contributed by atoms with van der Waals surface area (Å²) in [5.74, 6) is -0.149. The van der Waals surface area contributed by atoms with E-state index in [0.29, 0.717) is 18.2 Å². The van der Waals surface area contributed by atoms with E-state index in [-0.39, 0.29) is 5.82 Å². The van der Waals surface area contributed by atoms with Crippen molar-refractivity contribution >= 4 is 0 Å². The van der Waals surface area contributed by atoms with E-state index in [1.165, 1.54) is 6.07 Å². The SMILES string of the molecule is COCC(C)NCc1ccc(F)c(C)c1. The van der Waals surface area contributed by atoms with Crippen molar-refractivity contribution in [1.82, 2.24) is 5.32 Å². The van der Waals surface area contributed by atoms with Crippen LogP contribution in [0.1, 0.15) is 18.1 Å². The topological polar surface area (TPSA) is 21.3 Å². The number of rotatable bonds is 5. The van der Waals surface area contributed by atoms with Crippen LogP contribution in [0.2, 0.25) is 0 Å². The maximum absolute atomic E-state index is 13.0. The first-order chi connectivity index (χ1) is 7.13. The third-order valence-corrected chi connectivity index (χ3v) is 2.29. The third-order valence-electron chi connectivity index (χ3n) is 2.29. The van der Waals surface area contributed by atoms with Crippen LogP contribution in [-0.2, 0) is 11.3 Å². The van der Waals surface area contributed by atoms with Gasteiger partial charge in [-0.3, -0.25) is 0 Å². The summed E-state index contributed by atoms with van der Waals surface area (Å²) in [6, 6.07) is 5.48. The molecule has 1 atom stereocenters. The molecule has 0 aromatic heterocycles. The van der Waals surface area contributed by atoms with Crippen molar-refractivity contribution in [2.24, 2.45) is 0 Å². The molecule has 1 aromatic carbocycles. The summed E-state index contributed by atoms with van der Waals surface area (Å²) in [5.41, 5.74) is 1.78. The Kier molecular flexibility index (Phi) is 4.72. The van der Waals surface area contributed by atoms with E-state index in [4.69, 9.17) is 4.74 Å². The average Bonchev–Trinajstić information content (AvgIpc) is 2.20. The zero-order valence-electron chi connectivity index (χ0n) is 9.51. The Morgan fingerprint density at radius 3 is 2.80 bits per heavy atom. The number of hydrogen-bond acceptors (Lipinski definition) is 2. The summed E-state index contributed by atoms with van der Waals surface area (Å²) in [6.07, 6.45) is 0. The van der Waals surface area contributed by atoms with Crippen LogP contribution in [0.15, 0.2) is 18.2 Å². The highest BCUT2D eigenvalue weighted by molar-refractivity contribution is 5.23. The molecule has 0 saturated heterocycles. The van der Waals surface area contributed by atoms with Gasteiger partial charge in [0.25, 0.3) is 0 Å². The van der Waals surface area contributed by atoms with E-state index in [1.807, 2.05) is 6.07 Å². The summed E-state index contributed by atoms with van der Waals surface area (Å²) in [7, 11) is 1.68. The van der Waals surface area contributed by atoms with Crippen LogP contribution < -0.4 is 5.32 Å². The largest absolute Gasteiger partial charge is 0.383 e. The zero-order valence-corrected chi connectivity index (χ0v) is 9.51. The molecule has 15 heavy (non-hydrogen) atoms. The predicted octanol–water partition coefficient (Wildman–Crippen LogP) is 2.26. The molecule has 0 aliphatic rings. The highest BCUT2D eigenvalue weighted by atomic mass is 19.1. The molecule has 0 aliphatic heterocycles. The minimum absolute atomic E-state index is 0.149. The average molecular weight is 211 g/mol. The number of aryl methyl sites for hydroxylation is 1. The summed E-state index contributed by atoms with van der Waals surface area (Å²) < 4.78 is 18.0. The van der Waals surface area contributed by atoms with E-state index in [1.54, 1.807) is 20.1 Å². The summed E-state index contributed by atoms with van der Waals surface area (Å²) in [4.78, 5) is 0. The lowest BCUT2D eigenvalue weighted by atomic mass is 10.1. The van der Waals surface area contributed by atoms with Crippen molar-refractivity contribution in [1.29, 1.82) is 0 Å². The summed E-state index contributed by atoms with van der Waals surface area (Å²) in [6.45, 7) is 5.25. The number of halogens is 1. The lowest BCUT2D eigenvalue weighted by molar-refractivity contribution is 0.171. The number of hydrogen-bond donors (Lipinski definition) is 1. The standard InChI is InChI=1S/C12H18FNO/c1-9-6-11(4-5-12(9)13)7-14-10(2)8-15-3/h4-6,10,14H,7-8H2,1-3H3. The minimum atomic E-state index is -0.149. The van der Waals surface area contributed by atoms with Gasteiger partial charge in [0, 0.05) is 19.7 Å². The molecule has 0 amide bonds. The van der Waals surface area contributed by atoms with Crippen molar-refractivity contribution in [2.45, 2.75) is 26.4 Å². The van der Waals surface area contributed by atoms with Gasteiger partial charge in [0.1, 0.15) is 5.82 Å². The van der Waals surface area contributed by atoms with Crippen molar-refractivity contribution in [2.75, 3.05) is 13.7 Å². The van der Waals surface area contributed by atoms with Gasteiger partial charge in [0.15, 0.2) is 0 Å². The van der Waals surface area contributed by atoms with Crippen LogP contribution in [0, 0.1) is 12.7 Å². The van der Waals surface area contributed by atoms with E-state index in [2.05, 4.69) is 12.2 Å². The van der Waals surface area contributed by atoms with E-state index < -0.39 is 0 Å². The Morgan fingerprint density at radius 1 is 1.47 bits per heavy atom. The van der Waals surface area contributed by atoms with Crippen LogP contribution >= 0.6 is 0 Å². The van der Waals surface area contributed by atoms with Gasteiger partial charge >= 0.3 is 0 Å². The fraction of sp³-hybridized carbons (Fsp3) is 0.500. The van der Waals surface area contributed by atoms with Gasteiger partial charge in [0.05, 0.1) is 6.61 Å². The van der Waals surface area contributed by atoms with Crippen molar-refractivity contribution in [3.63, 3.8) is 0 Å². The molecule has 1 unspecified atom stereocenters. The number of benzene rings is 1. The van der Waals surface area contributed by atoms with E-state index in [9.17, 15) is 4.39 Å². The van der Waals surface area contributed by atoms with E-state index in [0.717, 1.165) is 12.1 Å². The smallest absolute Gasteiger partial charge is 0.126 e. The normalized spacial score (nSPS) is 12.8. The second-order valence-corrected chi connectivity index (χ2v) is 3.82. The molecule has 0 heterocycles. The zero-order chi connectivity index (χ0) is 11.3. The van der Waals surface area contributed by atoms with Gasteiger partial charge in [-0.1, -0.05) is 12.1 Å².